The third-order valence-corrected chi connectivity index (χ3v) is 4.46. The van der Waals surface area contributed by atoms with E-state index in [4.69, 9.17) is 4.74 Å². The van der Waals surface area contributed by atoms with E-state index in [2.05, 4.69) is 6.08 Å². The van der Waals surface area contributed by atoms with Crippen molar-refractivity contribution in [2.75, 3.05) is 12.0 Å². The maximum Gasteiger partial charge on any atom is 0.238 e. The molecule has 0 radical (unpaired) electrons. The van der Waals surface area contributed by atoms with Gasteiger partial charge in [-0.15, -0.1) is 0 Å². The number of carbonyl (C=O) groups excluding carboxylic acids is 2. The Kier molecular flexibility index (Phi) is 3.32. The summed E-state index contributed by atoms with van der Waals surface area (Å²) >= 11 is 0. The highest BCUT2D eigenvalue weighted by molar-refractivity contribution is 6.23. The number of hydrogen-bond acceptors (Lipinski definition) is 3. The van der Waals surface area contributed by atoms with Crippen LogP contribution in [0, 0.1) is 17.8 Å². The van der Waals surface area contributed by atoms with Crippen molar-refractivity contribution in [3.8, 4) is 5.75 Å². The first-order valence-electron chi connectivity index (χ1n) is 7.22. The van der Waals surface area contributed by atoms with Crippen molar-refractivity contribution in [1.82, 2.24) is 0 Å². The fourth-order valence-electron chi connectivity index (χ4n) is 3.57. The minimum Gasteiger partial charge on any atom is -0.495 e. The van der Waals surface area contributed by atoms with Crippen LogP contribution in [0.3, 0.4) is 0 Å². The van der Waals surface area contributed by atoms with Gasteiger partial charge in [-0.25, -0.2) is 4.90 Å². The molecule has 1 aromatic rings. The van der Waals surface area contributed by atoms with Gasteiger partial charge in [0.25, 0.3) is 0 Å². The Morgan fingerprint density at radius 2 is 1.90 bits per heavy atom. The molecular formula is C17H19NO3. The topological polar surface area (TPSA) is 46.6 Å². The van der Waals surface area contributed by atoms with E-state index in [1.54, 1.807) is 19.2 Å². The summed E-state index contributed by atoms with van der Waals surface area (Å²) in [6, 6.07) is 7.17. The first-order chi connectivity index (χ1) is 10.0. The van der Waals surface area contributed by atoms with Gasteiger partial charge in [0.1, 0.15) is 5.75 Å². The summed E-state index contributed by atoms with van der Waals surface area (Å²) in [6.45, 7) is 4.04. The van der Waals surface area contributed by atoms with Gasteiger partial charge in [-0.3, -0.25) is 9.59 Å². The average molecular weight is 285 g/mol. The normalized spacial score (nSPS) is 28.4. The molecule has 0 spiro atoms. The maximum atomic E-state index is 12.8. The summed E-state index contributed by atoms with van der Waals surface area (Å²) in [5.41, 5.74) is 1.74. The highest BCUT2D eigenvalue weighted by atomic mass is 16.5. The second-order valence-electron chi connectivity index (χ2n) is 5.89. The molecule has 1 aliphatic carbocycles. The lowest BCUT2D eigenvalue weighted by molar-refractivity contribution is -0.122. The summed E-state index contributed by atoms with van der Waals surface area (Å²) in [5, 5.41) is 0. The van der Waals surface area contributed by atoms with Crippen molar-refractivity contribution >= 4 is 17.5 Å². The largest absolute Gasteiger partial charge is 0.495 e. The van der Waals surface area contributed by atoms with Crippen LogP contribution in [-0.2, 0) is 9.59 Å². The summed E-state index contributed by atoms with van der Waals surface area (Å²) in [4.78, 5) is 26.8. The molecular weight excluding hydrogens is 266 g/mol. The molecule has 3 rings (SSSR count). The Morgan fingerprint density at radius 1 is 1.19 bits per heavy atom. The van der Waals surface area contributed by atoms with E-state index in [0.29, 0.717) is 17.9 Å². The highest BCUT2D eigenvalue weighted by Crippen LogP contribution is 2.44. The number of anilines is 1. The molecule has 1 aromatic carbocycles. The van der Waals surface area contributed by atoms with Crippen molar-refractivity contribution in [3.05, 3.63) is 35.9 Å². The number of ether oxygens (including phenoxy) is 1. The van der Waals surface area contributed by atoms with Crippen LogP contribution >= 0.6 is 0 Å². The number of para-hydroxylation sites is 2. The molecule has 2 aliphatic rings. The Morgan fingerprint density at radius 3 is 2.62 bits per heavy atom. The van der Waals surface area contributed by atoms with Crippen LogP contribution in [0.25, 0.3) is 0 Å². The van der Waals surface area contributed by atoms with Gasteiger partial charge in [0, 0.05) is 0 Å². The van der Waals surface area contributed by atoms with Gasteiger partial charge in [-0.2, -0.15) is 0 Å². The molecule has 0 unspecified atom stereocenters. The van der Waals surface area contributed by atoms with E-state index in [1.807, 2.05) is 26.0 Å². The monoisotopic (exact) mass is 285 g/mol. The first kappa shape index (κ1) is 13.9. The molecule has 0 bridgehead atoms. The van der Waals surface area contributed by atoms with Gasteiger partial charge in [-0.1, -0.05) is 30.7 Å². The molecule has 1 saturated heterocycles. The van der Waals surface area contributed by atoms with E-state index in [-0.39, 0.29) is 29.6 Å². The minimum atomic E-state index is -0.244. The lowest BCUT2D eigenvalue weighted by atomic mass is 9.76. The van der Waals surface area contributed by atoms with Crippen molar-refractivity contribution in [2.45, 2.75) is 20.3 Å². The second-order valence-corrected chi connectivity index (χ2v) is 5.89. The van der Waals surface area contributed by atoms with E-state index in [0.717, 1.165) is 0 Å². The summed E-state index contributed by atoms with van der Waals surface area (Å²) < 4.78 is 5.30. The molecule has 110 valence electrons. The third kappa shape index (κ3) is 2.06. The number of allylic oxidation sites excluding steroid dienone is 2. The van der Waals surface area contributed by atoms with Gasteiger partial charge in [0.2, 0.25) is 11.8 Å². The number of nitrogens with zero attached hydrogens (tertiary/aromatic N) is 1. The van der Waals surface area contributed by atoms with Crippen molar-refractivity contribution in [2.24, 2.45) is 17.8 Å². The SMILES string of the molecule is COc1ccccc1N1C(=O)[C@@H]2[C@@H](C)C=C(C)C[C@H]2C1=O. The molecule has 4 heteroatoms. The predicted molar refractivity (Wildman–Crippen MR) is 80.0 cm³/mol. The number of amides is 2. The smallest absolute Gasteiger partial charge is 0.238 e. The quantitative estimate of drug-likeness (QED) is 0.620. The van der Waals surface area contributed by atoms with Crippen LogP contribution < -0.4 is 9.64 Å². The zero-order valence-corrected chi connectivity index (χ0v) is 12.5. The van der Waals surface area contributed by atoms with Crippen molar-refractivity contribution < 1.29 is 14.3 Å². The molecule has 3 atom stereocenters. The van der Waals surface area contributed by atoms with Gasteiger partial charge in [-0.05, 0) is 31.4 Å². The van der Waals surface area contributed by atoms with E-state index in [1.165, 1.54) is 10.5 Å². The van der Waals surface area contributed by atoms with E-state index >= 15 is 0 Å². The molecule has 1 aliphatic heterocycles. The Balaban J connectivity index is 2.03. The Hall–Kier alpha value is -2.10. The third-order valence-electron chi connectivity index (χ3n) is 4.46. The van der Waals surface area contributed by atoms with Crippen molar-refractivity contribution in [3.63, 3.8) is 0 Å². The molecule has 2 amide bonds. The number of benzene rings is 1. The number of imide groups is 1. The summed E-state index contributed by atoms with van der Waals surface area (Å²) in [5.74, 6) is -0.0387. The van der Waals surface area contributed by atoms with Gasteiger partial charge < -0.3 is 4.74 Å². The van der Waals surface area contributed by atoms with Crippen molar-refractivity contribution in [1.29, 1.82) is 0 Å². The molecule has 1 heterocycles. The van der Waals surface area contributed by atoms with Crippen LogP contribution in [0.5, 0.6) is 5.75 Å². The summed E-state index contributed by atoms with van der Waals surface area (Å²) in [6.07, 6.45) is 2.78. The van der Waals surface area contributed by atoms with Crippen LogP contribution in [0.1, 0.15) is 20.3 Å². The Labute approximate surface area is 124 Å². The van der Waals surface area contributed by atoms with E-state index < -0.39 is 0 Å². The lowest BCUT2D eigenvalue weighted by Crippen LogP contribution is -2.31. The fourth-order valence-corrected chi connectivity index (χ4v) is 3.57. The second kappa shape index (κ2) is 5.02. The molecule has 21 heavy (non-hydrogen) atoms. The maximum absolute atomic E-state index is 12.8. The van der Waals surface area contributed by atoms with Gasteiger partial charge >= 0.3 is 0 Å². The molecule has 1 fully saturated rings. The number of fused-ring (bicyclic) bond motifs is 1. The zero-order valence-electron chi connectivity index (χ0n) is 12.5. The number of hydrogen-bond donors (Lipinski definition) is 0. The average Bonchev–Trinajstić information content (AvgIpc) is 2.70. The zero-order chi connectivity index (χ0) is 15.1. The number of rotatable bonds is 2. The number of carbonyl (C=O) groups is 2. The summed E-state index contributed by atoms with van der Waals surface area (Å²) in [7, 11) is 1.55. The molecule has 0 saturated carbocycles. The van der Waals surface area contributed by atoms with Crippen LogP contribution in [0.15, 0.2) is 35.9 Å². The van der Waals surface area contributed by atoms with E-state index in [9.17, 15) is 9.59 Å². The molecule has 4 nitrogen and oxygen atoms in total. The van der Waals surface area contributed by atoms with Crippen LogP contribution in [0.4, 0.5) is 5.69 Å². The molecule has 0 N–H and O–H groups in total. The minimum absolute atomic E-state index is 0.0971. The van der Waals surface area contributed by atoms with Gasteiger partial charge in [0.05, 0.1) is 24.6 Å². The number of methoxy groups -OCH3 is 1. The van der Waals surface area contributed by atoms with Crippen LogP contribution in [-0.4, -0.2) is 18.9 Å². The highest BCUT2D eigenvalue weighted by Gasteiger charge is 2.51. The molecule has 0 aromatic heterocycles. The fraction of sp³-hybridized carbons (Fsp3) is 0.412. The standard InChI is InChI=1S/C17H19NO3/c1-10-8-11(2)15-12(9-10)16(19)18(17(15)20)13-6-4-5-7-14(13)21-3/h4-8,11-12,15H,9H2,1-3H3/t11-,12+,15+/m0/s1. The Bertz CT molecular complexity index is 635. The van der Waals surface area contributed by atoms with Crippen LogP contribution in [0.2, 0.25) is 0 Å². The predicted octanol–water partition coefficient (Wildman–Crippen LogP) is 2.79. The first-order valence-corrected chi connectivity index (χ1v) is 7.22. The van der Waals surface area contributed by atoms with Gasteiger partial charge in [0.15, 0.2) is 0 Å². The lowest BCUT2D eigenvalue weighted by Gasteiger charge is -2.25.